The van der Waals surface area contributed by atoms with E-state index in [1.807, 2.05) is 30.3 Å². The molecule has 27 heavy (non-hydrogen) atoms. The van der Waals surface area contributed by atoms with Crippen LogP contribution in [0.3, 0.4) is 0 Å². The van der Waals surface area contributed by atoms with Crippen molar-refractivity contribution in [2.24, 2.45) is 0 Å². The highest BCUT2D eigenvalue weighted by atomic mass is 35.5. The van der Waals surface area contributed by atoms with Crippen molar-refractivity contribution >= 4 is 51.6 Å². The zero-order chi connectivity index (χ0) is 19.4. The minimum Gasteiger partial charge on any atom is -0.334 e. The molecule has 3 rings (SSSR count). The summed E-state index contributed by atoms with van der Waals surface area (Å²) in [7, 11) is 0. The molecule has 0 radical (unpaired) electrons. The lowest BCUT2D eigenvalue weighted by Gasteiger charge is -2.24. The van der Waals surface area contributed by atoms with Crippen LogP contribution in [0.15, 0.2) is 48.5 Å². The zero-order valence-electron chi connectivity index (χ0n) is 14.9. The Labute approximate surface area is 173 Å². The number of benzene rings is 2. The van der Waals surface area contributed by atoms with Crippen molar-refractivity contribution in [1.29, 1.82) is 0 Å². The van der Waals surface area contributed by atoms with Crippen LogP contribution in [-0.2, 0) is 6.54 Å². The van der Waals surface area contributed by atoms with Gasteiger partial charge in [-0.25, -0.2) is 4.98 Å². The van der Waals surface area contributed by atoms with E-state index in [0.29, 0.717) is 33.9 Å². The standard InChI is InChI=1S/C21H19Cl3N2O/c1-2-3-10-26(21(27)17-9-8-16(22)12-18(17)23)13-15-11-14-6-4-5-7-19(14)25-20(15)24/h4-9,11-12H,2-3,10,13H2,1H3. The Bertz CT molecular complexity index is 975. The van der Waals surface area contributed by atoms with Crippen molar-refractivity contribution < 1.29 is 4.79 Å². The van der Waals surface area contributed by atoms with E-state index >= 15 is 0 Å². The molecule has 6 heteroatoms. The monoisotopic (exact) mass is 420 g/mol. The molecule has 0 spiro atoms. The lowest BCUT2D eigenvalue weighted by atomic mass is 10.1. The van der Waals surface area contributed by atoms with Gasteiger partial charge in [-0.15, -0.1) is 0 Å². The van der Waals surface area contributed by atoms with E-state index in [9.17, 15) is 4.79 Å². The minimum atomic E-state index is -0.144. The number of nitrogens with zero attached hydrogens (tertiary/aromatic N) is 2. The summed E-state index contributed by atoms with van der Waals surface area (Å²) >= 11 is 18.6. The number of para-hydroxylation sites is 1. The topological polar surface area (TPSA) is 33.2 Å². The summed E-state index contributed by atoms with van der Waals surface area (Å²) in [5, 5.41) is 2.24. The average Bonchev–Trinajstić information content (AvgIpc) is 2.65. The Kier molecular flexibility index (Phi) is 6.59. The fourth-order valence-electron chi connectivity index (χ4n) is 2.89. The van der Waals surface area contributed by atoms with Crippen molar-refractivity contribution in [2.45, 2.75) is 26.3 Å². The van der Waals surface area contributed by atoms with Gasteiger partial charge in [0.1, 0.15) is 5.15 Å². The second-order valence-corrected chi connectivity index (χ2v) is 7.54. The Morgan fingerprint density at radius 2 is 1.85 bits per heavy atom. The molecule has 0 saturated carbocycles. The summed E-state index contributed by atoms with van der Waals surface area (Å²) in [4.78, 5) is 19.3. The number of carbonyl (C=O) groups is 1. The Balaban J connectivity index is 1.93. The average molecular weight is 422 g/mol. The maximum Gasteiger partial charge on any atom is 0.255 e. The largest absolute Gasteiger partial charge is 0.334 e. The van der Waals surface area contributed by atoms with Crippen LogP contribution in [0.4, 0.5) is 0 Å². The van der Waals surface area contributed by atoms with Crippen LogP contribution < -0.4 is 0 Å². The Morgan fingerprint density at radius 1 is 1.07 bits per heavy atom. The van der Waals surface area contributed by atoms with Gasteiger partial charge in [-0.1, -0.05) is 66.3 Å². The molecule has 0 aliphatic carbocycles. The number of halogens is 3. The lowest BCUT2D eigenvalue weighted by Crippen LogP contribution is -2.32. The van der Waals surface area contributed by atoms with E-state index in [0.717, 1.165) is 29.3 Å². The number of hydrogen-bond donors (Lipinski definition) is 0. The van der Waals surface area contributed by atoms with Gasteiger partial charge < -0.3 is 4.90 Å². The molecule has 3 nitrogen and oxygen atoms in total. The van der Waals surface area contributed by atoms with Crippen molar-refractivity contribution in [3.63, 3.8) is 0 Å². The maximum atomic E-state index is 13.1. The molecule has 140 valence electrons. The van der Waals surface area contributed by atoms with E-state index in [-0.39, 0.29) is 5.91 Å². The third-order valence-corrected chi connectivity index (χ3v) is 5.22. The smallest absolute Gasteiger partial charge is 0.255 e. The molecule has 0 fully saturated rings. The highest BCUT2D eigenvalue weighted by molar-refractivity contribution is 6.36. The Hall–Kier alpha value is -1.81. The van der Waals surface area contributed by atoms with Crippen molar-refractivity contribution in [3.8, 4) is 0 Å². The first-order chi connectivity index (χ1) is 13.0. The van der Waals surface area contributed by atoms with E-state index < -0.39 is 0 Å². The van der Waals surface area contributed by atoms with Crippen LogP contribution in [0.25, 0.3) is 10.9 Å². The van der Waals surface area contributed by atoms with E-state index in [4.69, 9.17) is 34.8 Å². The van der Waals surface area contributed by atoms with Crippen LogP contribution >= 0.6 is 34.8 Å². The van der Waals surface area contributed by atoms with Gasteiger partial charge in [-0.3, -0.25) is 4.79 Å². The SMILES string of the molecule is CCCCN(Cc1cc2ccccc2nc1Cl)C(=O)c1ccc(Cl)cc1Cl. The molecular weight excluding hydrogens is 403 g/mol. The molecule has 0 bridgehead atoms. The summed E-state index contributed by atoms with van der Waals surface area (Å²) < 4.78 is 0. The predicted octanol–water partition coefficient (Wildman–Crippen LogP) is 6.64. The highest BCUT2D eigenvalue weighted by Gasteiger charge is 2.20. The molecular formula is C21H19Cl3N2O. The summed E-state index contributed by atoms with van der Waals surface area (Å²) in [6, 6.07) is 14.7. The zero-order valence-corrected chi connectivity index (χ0v) is 17.2. The molecule has 0 atom stereocenters. The number of carbonyl (C=O) groups excluding carboxylic acids is 1. The van der Waals surface area contributed by atoms with Crippen LogP contribution in [0.1, 0.15) is 35.7 Å². The van der Waals surface area contributed by atoms with Gasteiger partial charge in [-0.05, 0) is 36.8 Å². The van der Waals surface area contributed by atoms with E-state index in [1.54, 1.807) is 23.1 Å². The first kappa shape index (κ1) is 19.9. The number of pyridine rings is 1. The number of rotatable bonds is 6. The van der Waals surface area contributed by atoms with Crippen molar-refractivity contribution in [1.82, 2.24) is 9.88 Å². The quantitative estimate of drug-likeness (QED) is 0.418. The maximum absolute atomic E-state index is 13.1. The first-order valence-electron chi connectivity index (χ1n) is 8.78. The van der Waals surface area contributed by atoms with Gasteiger partial charge in [0.05, 0.1) is 16.1 Å². The molecule has 1 amide bonds. The highest BCUT2D eigenvalue weighted by Crippen LogP contribution is 2.26. The van der Waals surface area contributed by atoms with Gasteiger partial charge >= 0.3 is 0 Å². The second-order valence-electron chi connectivity index (χ2n) is 6.34. The molecule has 0 aliphatic rings. The predicted molar refractivity (Wildman–Crippen MR) is 113 cm³/mol. The number of aromatic nitrogens is 1. The number of fused-ring (bicyclic) bond motifs is 1. The third kappa shape index (κ3) is 4.73. The normalized spacial score (nSPS) is 11.0. The molecule has 0 aliphatic heterocycles. The van der Waals surface area contributed by atoms with Gasteiger partial charge in [0.15, 0.2) is 0 Å². The minimum absolute atomic E-state index is 0.144. The summed E-state index contributed by atoms with van der Waals surface area (Å²) in [6.07, 6.45) is 1.86. The lowest BCUT2D eigenvalue weighted by molar-refractivity contribution is 0.0741. The molecule has 1 heterocycles. The van der Waals surface area contributed by atoms with Crippen LogP contribution in [0.5, 0.6) is 0 Å². The van der Waals surface area contributed by atoms with E-state index in [1.165, 1.54) is 0 Å². The molecule has 3 aromatic rings. The number of amides is 1. The van der Waals surface area contributed by atoms with Crippen LogP contribution in [0.2, 0.25) is 15.2 Å². The van der Waals surface area contributed by atoms with Crippen molar-refractivity contribution in [2.75, 3.05) is 6.54 Å². The van der Waals surface area contributed by atoms with Gasteiger partial charge in [-0.2, -0.15) is 0 Å². The molecule has 0 unspecified atom stereocenters. The summed E-state index contributed by atoms with van der Waals surface area (Å²) in [5.41, 5.74) is 2.07. The fourth-order valence-corrected chi connectivity index (χ4v) is 3.58. The first-order valence-corrected chi connectivity index (χ1v) is 9.91. The van der Waals surface area contributed by atoms with Crippen LogP contribution in [0, 0.1) is 0 Å². The Morgan fingerprint density at radius 3 is 2.59 bits per heavy atom. The molecule has 0 N–H and O–H groups in total. The molecule has 0 saturated heterocycles. The summed E-state index contributed by atoms with van der Waals surface area (Å²) in [5.74, 6) is -0.144. The van der Waals surface area contributed by atoms with Gasteiger partial charge in [0.25, 0.3) is 5.91 Å². The molecule has 1 aromatic heterocycles. The van der Waals surface area contributed by atoms with Gasteiger partial charge in [0, 0.05) is 29.1 Å². The van der Waals surface area contributed by atoms with Gasteiger partial charge in [0.2, 0.25) is 0 Å². The molecule has 2 aromatic carbocycles. The number of hydrogen-bond acceptors (Lipinski definition) is 2. The summed E-state index contributed by atoms with van der Waals surface area (Å²) in [6.45, 7) is 3.06. The van der Waals surface area contributed by atoms with Crippen molar-refractivity contribution in [3.05, 3.63) is 74.9 Å². The number of unbranched alkanes of at least 4 members (excludes halogenated alkanes) is 1. The second kappa shape index (κ2) is 8.92. The fraction of sp³-hybridized carbons (Fsp3) is 0.238. The van der Waals surface area contributed by atoms with Crippen LogP contribution in [-0.4, -0.2) is 22.3 Å². The third-order valence-electron chi connectivity index (χ3n) is 4.34. The van der Waals surface area contributed by atoms with E-state index in [2.05, 4.69) is 11.9 Å².